The van der Waals surface area contributed by atoms with Gasteiger partial charge in [0, 0.05) is 24.4 Å². The lowest BCUT2D eigenvalue weighted by Crippen LogP contribution is -2.32. The monoisotopic (exact) mass is 444 g/mol. The zero-order chi connectivity index (χ0) is 22.9. The number of alkyl halides is 3. The van der Waals surface area contributed by atoms with Crippen LogP contribution in [-0.4, -0.2) is 39.4 Å². The zero-order valence-electron chi connectivity index (χ0n) is 17.0. The average Bonchev–Trinajstić information content (AvgIpc) is 3.27. The van der Waals surface area contributed by atoms with Gasteiger partial charge in [-0.2, -0.15) is 13.2 Å². The van der Waals surface area contributed by atoms with Crippen LogP contribution < -0.4 is 10.3 Å². The molecule has 1 aliphatic rings. The normalized spacial score (nSPS) is 16.2. The summed E-state index contributed by atoms with van der Waals surface area (Å²) in [4.78, 5) is 38.2. The van der Waals surface area contributed by atoms with Crippen LogP contribution in [0.2, 0.25) is 0 Å². The molecule has 1 amide bonds. The molecule has 0 spiro atoms. The molecular formula is C22H19F3N4O3. The Labute approximate surface area is 180 Å². The highest BCUT2D eigenvalue weighted by atomic mass is 19.4. The fourth-order valence-electron chi connectivity index (χ4n) is 3.81. The van der Waals surface area contributed by atoms with Crippen molar-refractivity contribution in [3.63, 3.8) is 0 Å². The lowest BCUT2D eigenvalue weighted by Gasteiger charge is -2.24. The number of aromatic nitrogens is 3. The third kappa shape index (κ3) is 4.20. The lowest BCUT2D eigenvalue weighted by molar-refractivity contribution is -0.137. The van der Waals surface area contributed by atoms with Crippen LogP contribution in [0.25, 0.3) is 11.3 Å². The predicted octanol–water partition coefficient (Wildman–Crippen LogP) is 3.84. The van der Waals surface area contributed by atoms with Crippen molar-refractivity contribution in [1.29, 1.82) is 0 Å². The minimum Gasteiger partial charge on any atom is -0.481 e. The topological polar surface area (TPSA) is 88.2 Å². The van der Waals surface area contributed by atoms with Gasteiger partial charge in [0.15, 0.2) is 0 Å². The molecule has 3 heterocycles. The summed E-state index contributed by atoms with van der Waals surface area (Å²) < 4.78 is 44.5. The number of ether oxygens (including phenoxy) is 1. The van der Waals surface area contributed by atoms with Gasteiger partial charge in [-0.3, -0.25) is 9.59 Å². The van der Waals surface area contributed by atoms with E-state index in [0.29, 0.717) is 36.5 Å². The second-order valence-electron chi connectivity index (χ2n) is 7.31. The van der Waals surface area contributed by atoms with Crippen LogP contribution >= 0.6 is 0 Å². The molecule has 1 N–H and O–H groups in total. The molecule has 0 aliphatic carbocycles. The summed E-state index contributed by atoms with van der Waals surface area (Å²) in [5.41, 5.74) is -0.548. The fraction of sp³-hybridized carbons (Fsp3) is 0.273. The van der Waals surface area contributed by atoms with Gasteiger partial charge < -0.3 is 14.6 Å². The highest BCUT2D eigenvalue weighted by Crippen LogP contribution is 2.34. The van der Waals surface area contributed by atoms with Crippen molar-refractivity contribution in [2.75, 3.05) is 13.7 Å². The number of nitrogens with zero attached hydrogens (tertiary/aromatic N) is 3. The maximum atomic E-state index is 13.1. The number of hydrogen-bond donors (Lipinski definition) is 1. The average molecular weight is 444 g/mol. The van der Waals surface area contributed by atoms with Crippen LogP contribution in [-0.2, 0) is 6.18 Å². The number of rotatable bonds is 4. The van der Waals surface area contributed by atoms with E-state index in [0.717, 1.165) is 12.1 Å². The van der Waals surface area contributed by atoms with E-state index in [9.17, 15) is 22.8 Å². The van der Waals surface area contributed by atoms with Gasteiger partial charge in [-0.25, -0.2) is 9.97 Å². The first-order valence-corrected chi connectivity index (χ1v) is 9.87. The molecule has 32 heavy (non-hydrogen) atoms. The SMILES string of the molecule is COc1ncccc1-c1cc(=O)[nH]c([C@H]2CCCN2C(=O)c2cccc(C(F)(F)F)c2)n1. The second kappa shape index (κ2) is 8.45. The number of pyridine rings is 1. The summed E-state index contributed by atoms with van der Waals surface area (Å²) >= 11 is 0. The quantitative estimate of drug-likeness (QED) is 0.661. The van der Waals surface area contributed by atoms with Gasteiger partial charge in [-0.05, 0) is 43.2 Å². The van der Waals surface area contributed by atoms with Crippen LogP contribution in [0.15, 0.2) is 53.5 Å². The van der Waals surface area contributed by atoms with Gasteiger partial charge in [0.25, 0.3) is 11.5 Å². The van der Waals surface area contributed by atoms with E-state index in [1.807, 2.05) is 0 Å². The molecule has 10 heteroatoms. The third-order valence-electron chi connectivity index (χ3n) is 5.27. The Bertz CT molecular complexity index is 1210. The number of carbonyl (C=O) groups excluding carboxylic acids is 1. The number of aromatic amines is 1. The van der Waals surface area contributed by atoms with Crippen LogP contribution in [0, 0.1) is 0 Å². The number of hydrogen-bond acceptors (Lipinski definition) is 5. The van der Waals surface area contributed by atoms with E-state index in [-0.39, 0.29) is 11.4 Å². The summed E-state index contributed by atoms with van der Waals surface area (Å²) in [5.74, 6) is 0.00159. The zero-order valence-corrected chi connectivity index (χ0v) is 17.0. The van der Waals surface area contributed by atoms with Gasteiger partial charge in [0.2, 0.25) is 5.88 Å². The summed E-state index contributed by atoms with van der Waals surface area (Å²) in [6, 6.07) is 8.42. The Balaban J connectivity index is 1.69. The number of carbonyl (C=O) groups is 1. The first-order valence-electron chi connectivity index (χ1n) is 9.87. The number of likely N-dealkylation sites (tertiary alicyclic amines) is 1. The highest BCUT2D eigenvalue weighted by Gasteiger charge is 2.35. The van der Waals surface area contributed by atoms with Gasteiger partial charge in [-0.15, -0.1) is 0 Å². The van der Waals surface area contributed by atoms with Crippen molar-refractivity contribution >= 4 is 5.91 Å². The maximum Gasteiger partial charge on any atom is 0.416 e. The molecule has 7 nitrogen and oxygen atoms in total. The van der Waals surface area contributed by atoms with Crippen LogP contribution in [0.1, 0.15) is 40.6 Å². The van der Waals surface area contributed by atoms with Crippen molar-refractivity contribution in [1.82, 2.24) is 19.9 Å². The standard InChI is InChI=1S/C22H19F3N4O3/c1-32-20-15(7-3-9-26-20)16-12-18(30)28-19(27-16)17-8-4-10-29(17)21(31)13-5-2-6-14(11-13)22(23,24)25/h2-3,5-7,9,11-12,17H,4,8,10H2,1H3,(H,27,28,30)/t17-/m1/s1. The number of nitrogens with one attached hydrogen (secondary N) is 1. The number of amides is 1. The van der Waals surface area contributed by atoms with E-state index in [4.69, 9.17) is 4.74 Å². The number of H-pyrrole nitrogens is 1. The predicted molar refractivity (Wildman–Crippen MR) is 109 cm³/mol. The summed E-state index contributed by atoms with van der Waals surface area (Å²) in [7, 11) is 1.45. The Kier molecular flexibility index (Phi) is 5.68. The molecule has 1 aromatic carbocycles. The van der Waals surface area contributed by atoms with E-state index in [1.54, 1.807) is 18.3 Å². The van der Waals surface area contributed by atoms with Crippen molar-refractivity contribution in [3.05, 3.63) is 76.0 Å². The fourth-order valence-corrected chi connectivity index (χ4v) is 3.81. The van der Waals surface area contributed by atoms with Gasteiger partial charge in [0.1, 0.15) is 5.82 Å². The molecule has 3 aromatic rings. The molecule has 0 unspecified atom stereocenters. The van der Waals surface area contributed by atoms with Gasteiger partial charge in [-0.1, -0.05) is 6.07 Å². The molecule has 1 fully saturated rings. The Morgan fingerprint density at radius 2 is 2.03 bits per heavy atom. The smallest absolute Gasteiger partial charge is 0.416 e. The number of methoxy groups -OCH3 is 1. The molecule has 1 aliphatic heterocycles. The molecule has 4 rings (SSSR count). The minimum absolute atomic E-state index is 0.0702. The molecule has 1 saturated heterocycles. The number of halogens is 3. The minimum atomic E-state index is -4.55. The molecule has 0 radical (unpaired) electrons. The second-order valence-corrected chi connectivity index (χ2v) is 7.31. The summed E-state index contributed by atoms with van der Waals surface area (Å²) in [6.45, 7) is 0.337. The van der Waals surface area contributed by atoms with Crippen LogP contribution in [0.5, 0.6) is 5.88 Å². The largest absolute Gasteiger partial charge is 0.481 e. The van der Waals surface area contributed by atoms with Crippen molar-refractivity contribution < 1.29 is 22.7 Å². The van der Waals surface area contributed by atoms with E-state index < -0.39 is 29.2 Å². The van der Waals surface area contributed by atoms with Crippen LogP contribution in [0.4, 0.5) is 13.2 Å². The van der Waals surface area contributed by atoms with E-state index in [1.165, 1.54) is 30.2 Å². The molecule has 166 valence electrons. The van der Waals surface area contributed by atoms with Gasteiger partial charge in [0.05, 0.1) is 30.0 Å². The molecular weight excluding hydrogens is 425 g/mol. The third-order valence-corrected chi connectivity index (χ3v) is 5.27. The maximum absolute atomic E-state index is 13.1. The molecule has 0 bridgehead atoms. The summed E-state index contributed by atoms with van der Waals surface area (Å²) in [6.07, 6.45) is -1.87. The first kappa shape index (κ1) is 21.5. The van der Waals surface area contributed by atoms with E-state index in [2.05, 4.69) is 15.0 Å². The molecule has 2 aromatic heterocycles. The Hall–Kier alpha value is -3.69. The molecule has 1 atom stereocenters. The Morgan fingerprint density at radius 1 is 1.22 bits per heavy atom. The first-order chi connectivity index (χ1) is 15.3. The molecule has 0 saturated carbocycles. The Morgan fingerprint density at radius 3 is 2.78 bits per heavy atom. The highest BCUT2D eigenvalue weighted by molar-refractivity contribution is 5.94. The van der Waals surface area contributed by atoms with E-state index >= 15 is 0 Å². The van der Waals surface area contributed by atoms with Crippen molar-refractivity contribution in [3.8, 4) is 17.1 Å². The van der Waals surface area contributed by atoms with Crippen molar-refractivity contribution in [2.45, 2.75) is 25.1 Å². The summed E-state index contributed by atoms with van der Waals surface area (Å²) in [5, 5.41) is 0. The lowest BCUT2D eigenvalue weighted by atomic mass is 10.1. The number of benzene rings is 1. The van der Waals surface area contributed by atoms with Gasteiger partial charge >= 0.3 is 6.18 Å². The van der Waals surface area contributed by atoms with Crippen LogP contribution in [0.3, 0.4) is 0 Å². The van der Waals surface area contributed by atoms with Crippen molar-refractivity contribution in [2.24, 2.45) is 0 Å².